The first-order valence-electron chi connectivity index (χ1n) is 9.45. The zero-order valence-electron chi connectivity index (χ0n) is 16.6. The number of methoxy groups -OCH3 is 1. The van der Waals surface area contributed by atoms with E-state index in [1.165, 1.54) is 29.5 Å². The zero-order chi connectivity index (χ0) is 21.8. The van der Waals surface area contributed by atoms with E-state index in [0.29, 0.717) is 16.3 Å². The number of thiophene rings is 1. The van der Waals surface area contributed by atoms with Crippen LogP contribution >= 0.6 is 11.3 Å². The van der Waals surface area contributed by atoms with E-state index in [1.54, 1.807) is 25.3 Å². The lowest BCUT2D eigenvalue weighted by atomic mass is 10.1. The molecule has 158 valence electrons. The van der Waals surface area contributed by atoms with Crippen LogP contribution in [-0.2, 0) is 22.4 Å². The van der Waals surface area contributed by atoms with Gasteiger partial charge in [0.2, 0.25) is 11.8 Å². The van der Waals surface area contributed by atoms with E-state index >= 15 is 0 Å². The minimum absolute atomic E-state index is 0.122. The van der Waals surface area contributed by atoms with E-state index in [4.69, 9.17) is 4.74 Å². The van der Waals surface area contributed by atoms with Gasteiger partial charge < -0.3 is 15.4 Å². The molecule has 0 atom stereocenters. The SMILES string of the molecule is COc1ccc(CC(=O)Nc2[nH]nc3sc(CC(=O)Nc4cccc(F)c4)cc23)cc1. The summed E-state index contributed by atoms with van der Waals surface area (Å²) >= 11 is 1.35. The number of fused-ring (bicyclic) bond motifs is 1. The van der Waals surface area contributed by atoms with Crippen molar-refractivity contribution >= 4 is 44.9 Å². The Morgan fingerprint density at radius 1 is 1.06 bits per heavy atom. The molecular weight excluding hydrogens is 419 g/mol. The van der Waals surface area contributed by atoms with Gasteiger partial charge in [0.15, 0.2) is 0 Å². The fourth-order valence-corrected chi connectivity index (χ4v) is 4.08. The van der Waals surface area contributed by atoms with Gasteiger partial charge in [-0.1, -0.05) is 18.2 Å². The van der Waals surface area contributed by atoms with Crippen molar-refractivity contribution in [1.82, 2.24) is 10.2 Å². The predicted molar refractivity (Wildman–Crippen MR) is 118 cm³/mol. The number of nitrogens with one attached hydrogen (secondary N) is 3. The average molecular weight is 438 g/mol. The minimum Gasteiger partial charge on any atom is -0.497 e. The molecule has 0 spiro atoms. The van der Waals surface area contributed by atoms with E-state index in [9.17, 15) is 14.0 Å². The van der Waals surface area contributed by atoms with Crippen LogP contribution in [0.15, 0.2) is 54.6 Å². The van der Waals surface area contributed by atoms with E-state index < -0.39 is 5.82 Å². The molecule has 9 heteroatoms. The number of aromatic amines is 1. The Morgan fingerprint density at radius 2 is 1.84 bits per heavy atom. The van der Waals surface area contributed by atoms with Crippen LogP contribution in [0.2, 0.25) is 0 Å². The van der Waals surface area contributed by atoms with Crippen LogP contribution in [-0.4, -0.2) is 29.1 Å². The van der Waals surface area contributed by atoms with Gasteiger partial charge in [-0.2, -0.15) is 5.10 Å². The Morgan fingerprint density at radius 3 is 2.58 bits per heavy atom. The molecule has 2 heterocycles. The van der Waals surface area contributed by atoms with Gasteiger partial charge in [0.1, 0.15) is 22.2 Å². The van der Waals surface area contributed by atoms with E-state index in [2.05, 4.69) is 20.8 Å². The Hall–Kier alpha value is -3.72. The van der Waals surface area contributed by atoms with Gasteiger partial charge in [0, 0.05) is 10.6 Å². The predicted octanol–water partition coefficient (Wildman–Crippen LogP) is 4.13. The summed E-state index contributed by atoms with van der Waals surface area (Å²) in [5.41, 5.74) is 1.26. The molecule has 0 aliphatic rings. The molecule has 4 rings (SSSR count). The van der Waals surface area contributed by atoms with Crippen molar-refractivity contribution in [2.75, 3.05) is 17.7 Å². The lowest BCUT2D eigenvalue weighted by Crippen LogP contribution is -2.15. The van der Waals surface area contributed by atoms with Crippen LogP contribution < -0.4 is 15.4 Å². The molecule has 0 saturated carbocycles. The maximum Gasteiger partial charge on any atom is 0.229 e. The number of hydrogen-bond donors (Lipinski definition) is 3. The average Bonchev–Trinajstić information content (AvgIpc) is 3.29. The molecule has 2 aromatic carbocycles. The van der Waals surface area contributed by atoms with Crippen molar-refractivity contribution < 1.29 is 18.7 Å². The zero-order valence-corrected chi connectivity index (χ0v) is 17.4. The number of ether oxygens (including phenoxy) is 1. The lowest BCUT2D eigenvalue weighted by Gasteiger charge is -2.05. The number of aromatic nitrogens is 2. The third-order valence-corrected chi connectivity index (χ3v) is 5.56. The number of halogens is 1. The number of carbonyl (C=O) groups excluding carboxylic acids is 2. The van der Waals surface area contributed by atoms with Gasteiger partial charge in [0.25, 0.3) is 0 Å². The molecule has 0 radical (unpaired) electrons. The summed E-state index contributed by atoms with van der Waals surface area (Å²) in [5, 5.41) is 13.3. The van der Waals surface area contributed by atoms with Crippen molar-refractivity contribution in [2.24, 2.45) is 0 Å². The monoisotopic (exact) mass is 438 g/mol. The van der Waals surface area contributed by atoms with Crippen molar-refractivity contribution in [3.8, 4) is 5.75 Å². The molecule has 4 aromatic rings. The highest BCUT2D eigenvalue weighted by molar-refractivity contribution is 7.18. The summed E-state index contributed by atoms with van der Waals surface area (Å²) in [6.45, 7) is 0. The van der Waals surface area contributed by atoms with Gasteiger partial charge in [0.05, 0.1) is 25.3 Å². The van der Waals surface area contributed by atoms with E-state index in [1.807, 2.05) is 18.2 Å². The Bertz CT molecular complexity index is 1230. The fraction of sp³-hybridized carbons (Fsp3) is 0.136. The minimum atomic E-state index is -0.414. The van der Waals surface area contributed by atoms with Crippen LogP contribution in [0.4, 0.5) is 15.9 Å². The fourth-order valence-electron chi connectivity index (χ4n) is 3.08. The number of nitrogens with zero attached hydrogens (tertiary/aromatic N) is 1. The molecule has 0 bridgehead atoms. The van der Waals surface area contributed by atoms with Crippen molar-refractivity contribution in [2.45, 2.75) is 12.8 Å². The molecule has 3 N–H and O–H groups in total. The number of benzene rings is 2. The van der Waals surface area contributed by atoms with Crippen LogP contribution in [0.5, 0.6) is 5.75 Å². The topological polar surface area (TPSA) is 96.1 Å². The molecule has 2 amide bonds. The smallest absolute Gasteiger partial charge is 0.229 e. The highest BCUT2D eigenvalue weighted by Crippen LogP contribution is 2.30. The first-order valence-corrected chi connectivity index (χ1v) is 10.3. The second-order valence-electron chi connectivity index (χ2n) is 6.84. The number of H-pyrrole nitrogens is 1. The number of amides is 2. The van der Waals surface area contributed by atoms with Crippen molar-refractivity contribution in [3.05, 3.63) is 70.9 Å². The molecule has 7 nitrogen and oxygen atoms in total. The van der Waals surface area contributed by atoms with Crippen LogP contribution in [0, 0.1) is 5.82 Å². The molecule has 2 aromatic heterocycles. The van der Waals surface area contributed by atoms with Gasteiger partial charge >= 0.3 is 0 Å². The molecule has 0 aliphatic carbocycles. The Kier molecular flexibility index (Phi) is 5.94. The molecular formula is C22H19FN4O3S. The van der Waals surface area contributed by atoms with Gasteiger partial charge in [-0.15, -0.1) is 11.3 Å². The second kappa shape index (κ2) is 8.97. The molecule has 0 fully saturated rings. The Balaban J connectivity index is 1.39. The van der Waals surface area contributed by atoms with Crippen LogP contribution in [0.25, 0.3) is 10.2 Å². The first-order chi connectivity index (χ1) is 15.0. The molecule has 31 heavy (non-hydrogen) atoms. The third kappa shape index (κ3) is 5.07. The highest BCUT2D eigenvalue weighted by atomic mass is 32.1. The van der Waals surface area contributed by atoms with Crippen molar-refractivity contribution in [1.29, 1.82) is 0 Å². The molecule has 0 saturated heterocycles. The van der Waals surface area contributed by atoms with Crippen LogP contribution in [0.1, 0.15) is 10.4 Å². The summed E-state index contributed by atoms with van der Waals surface area (Å²) in [4.78, 5) is 26.2. The number of anilines is 2. The number of hydrogen-bond acceptors (Lipinski definition) is 5. The highest BCUT2D eigenvalue weighted by Gasteiger charge is 2.15. The summed E-state index contributed by atoms with van der Waals surface area (Å²) in [6.07, 6.45) is 0.328. The first kappa shape index (κ1) is 20.5. The number of carbonyl (C=O) groups is 2. The summed E-state index contributed by atoms with van der Waals surface area (Å²) in [6, 6.07) is 14.8. The maximum atomic E-state index is 13.3. The normalized spacial score (nSPS) is 10.8. The summed E-state index contributed by atoms with van der Waals surface area (Å²) < 4.78 is 18.4. The summed E-state index contributed by atoms with van der Waals surface area (Å²) in [7, 11) is 1.59. The Labute approximate surface area is 181 Å². The largest absolute Gasteiger partial charge is 0.497 e. The van der Waals surface area contributed by atoms with E-state index in [-0.39, 0.29) is 24.7 Å². The van der Waals surface area contributed by atoms with Crippen LogP contribution in [0.3, 0.4) is 0 Å². The quantitative estimate of drug-likeness (QED) is 0.404. The number of rotatable bonds is 7. The standard InChI is InChI=1S/C22H19FN4O3S/c1-30-16-7-5-13(6-8-16)9-19(28)25-21-18-11-17(31-22(18)27-26-21)12-20(29)24-15-4-2-3-14(23)10-15/h2-8,10-11H,9,12H2,1H3,(H,24,29)(H2,25,26,27,28). The van der Waals surface area contributed by atoms with Gasteiger partial charge in [-0.05, 0) is 42.0 Å². The lowest BCUT2D eigenvalue weighted by molar-refractivity contribution is -0.116. The summed E-state index contributed by atoms with van der Waals surface area (Å²) in [5.74, 6) is 0.353. The second-order valence-corrected chi connectivity index (χ2v) is 7.95. The third-order valence-electron chi connectivity index (χ3n) is 4.53. The molecule has 0 aliphatic heterocycles. The van der Waals surface area contributed by atoms with Crippen molar-refractivity contribution in [3.63, 3.8) is 0 Å². The van der Waals surface area contributed by atoms with E-state index in [0.717, 1.165) is 21.6 Å². The van der Waals surface area contributed by atoms with Gasteiger partial charge in [-0.3, -0.25) is 14.7 Å². The molecule has 0 unspecified atom stereocenters. The maximum absolute atomic E-state index is 13.3. The van der Waals surface area contributed by atoms with Gasteiger partial charge in [-0.25, -0.2) is 4.39 Å².